The minimum absolute atomic E-state index is 0.272. The Kier molecular flexibility index (Phi) is 3.00. The molecular weight excluding hydrogens is 272 g/mol. The molecule has 1 N–H and O–H groups in total. The number of nitrogens with one attached hydrogen (secondary N) is 1. The molecule has 2 rings (SSSR count). The van der Waals surface area contributed by atoms with Gasteiger partial charge in [0.1, 0.15) is 0 Å². The number of carbonyl (C=O) groups excluding carboxylic acids is 1. The lowest BCUT2D eigenvalue weighted by Gasteiger charge is -2.02. The van der Waals surface area contributed by atoms with Gasteiger partial charge in [-0.1, -0.05) is 27.2 Å². The van der Waals surface area contributed by atoms with Gasteiger partial charge < -0.3 is 5.32 Å². The van der Waals surface area contributed by atoms with Crippen LogP contribution in [-0.2, 0) is 7.05 Å². The highest BCUT2D eigenvalue weighted by atomic mass is 79.9. The zero-order valence-electron chi connectivity index (χ0n) is 8.51. The van der Waals surface area contributed by atoms with E-state index in [4.69, 9.17) is 0 Å². The van der Waals surface area contributed by atoms with Gasteiger partial charge >= 0.3 is 0 Å². The van der Waals surface area contributed by atoms with Crippen LogP contribution in [0.25, 0.3) is 0 Å². The molecule has 1 aromatic carbocycles. The van der Waals surface area contributed by atoms with Crippen molar-refractivity contribution in [1.29, 1.82) is 0 Å². The minimum Gasteiger partial charge on any atom is -0.321 e. The second-order valence-corrected chi connectivity index (χ2v) is 4.16. The van der Waals surface area contributed by atoms with Crippen LogP contribution in [0.3, 0.4) is 0 Å². The Hall–Kier alpha value is -1.69. The van der Waals surface area contributed by atoms with Crippen LogP contribution >= 0.6 is 15.9 Å². The van der Waals surface area contributed by atoms with Crippen molar-refractivity contribution in [3.63, 3.8) is 0 Å². The second-order valence-electron chi connectivity index (χ2n) is 3.24. The number of benzene rings is 1. The summed E-state index contributed by atoms with van der Waals surface area (Å²) in [6.07, 6.45) is 1.56. The number of halogens is 1. The van der Waals surface area contributed by atoms with Crippen LogP contribution in [0.15, 0.2) is 34.9 Å². The number of amides is 1. The Bertz CT molecular complexity index is 523. The predicted molar refractivity (Wildman–Crippen MR) is 63.1 cm³/mol. The number of hydrogen-bond donors (Lipinski definition) is 1. The zero-order valence-corrected chi connectivity index (χ0v) is 10.1. The number of rotatable bonds is 2. The summed E-state index contributed by atoms with van der Waals surface area (Å²) in [5.74, 6) is -0.272. The molecular formula is C10H9BrN4O. The Labute approximate surface area is 101 Å². The van der Waals surface area contributed by atoms with E-state index in [1.165, 1.54) is 4.68 Å². The van der Waals surface area contributed by atoms with E-state index in [2.05, 4.69) is 31.6 Å². The first-order valence-electron chi connectivity index (χ1n) is 4.58. The van der Waals surface area contributed by atoms with Crippen LogP contribution in [0, 0.1) is 0 Å². The minimum atomic E-state index is -0.272. The average Bonchev–Trinajstić information content (AvgIpc) is 2.65. The van der Waals surface area contributed by atoms with Gasteiger partial charge in [-0.25, -0.2) is 0 Å². The van der Waals surface area contributed by atoms with E-state index in [-0.39, 0.29) is 5.91 Å². The molecule has 0 aliphatic heterocycles. The van der Waals surface area contributed by atoms with E-state index in [0.717, 1.165) is 4.47 Å². The molecule has 0 bridgehead atoms. The van der Waals surface area contributed by atoms with Crippen molar-refractivity contribution in [2.45, 2.75) is 0 Å². The zero-order chi connectivity index (χ0) is 11.5. The Morgan fingerprint density at radius 1 is 1.50 bits per heavy atom. The summed E-state index contributed by atoms with van der Waals surface area (Å²) in [6.45, 7) is 0. The molecule has 0 spiro atoms. The van der Waals surface area contributed by atoms with Gasteiger partial charge in [0.2, 0.25) is 0 Å². The molecule has 6 heteroatoms. The number of carbonyl (C=O) groups is 1. The maximum Gasteiger partial charge on any atom is 0.277 e. The third-order valence-corrected chi connectivity index (χ3v) is 2.41. The van der Waals surface area contributed by atoms with Crippen molar-refractivity contribution in [3.05, 3.63) is 40.6 Å². The molecule has 0 saturated carbocycles. The van der Waals surface area contributed by atoms with Gasteiger partial charge in [0, 0.05) is 17.2 Å². The molecule has 0 aliphatic rings. The molecule has 1 amide bonds. The van der Waals surface area contributed by atoms with E-state index >= 15 is 0 Å². The molecule has 0 atom stereocenters. The Morgan fingerprint density at radius 3 is 2.94 bits per heavy atom. The van der Waals surface area contributed by atoms with Crippen LogP contribution < -0.4 is 5.32 Å². The van der Waals surface area contributed by atoms with Crippen molar-refractivity contribution in [2.24, 2.45) is 7.05 Å². The summed E-state index contributed by atoms with van der Waals surface area (Å²) >= 11 is 3.33. The van der Waals surface area contributed by atoms with Crippen LogP contribution in [0.2, 0.25) is 0 Å². The molecule has 0 fully saturated rings. The number of hydrogen-bond acceptors (Lipinski definition) is 3. The standard InChI is InChI=1S/C10H9BrN4O/c1-15-6-9(13-14-15)10(16)12-8-4-2-3-7(11)5-8/h2-6H,1H3,(H,12,16). The lowest BCUT2D eigenvalue weighted by molar-refractivity contribution is 0.102. The fraction of sp³-hybridized carbons (Fsp3) is 0.100. The maximum absolute atomic E-state index is 11.7. The van der Waals surface area contributed by atoms with Crippen molar-refractivity contribution >= 4 is 27.5 Å². The molecule has 82 valence electrons. The third kappa shape index (κ3) is 2.46. The lowest BCUT2D eigenvalue weighted by atomic mass is 10.3. The van der Waals surface area contributed by atoms with Crippen LogP contribution in [-0.4, -0.2) is 20.9 Å². The fourth-order valence-electron chi connectivity index (χ4n) is 1.21. The Balaban J connectivity index is 2.13. The van der Waals surface area contributed by atoms with E-state index in [0.29, 0.717) is 11.4 Å². The van der Waals surface area contributed by atoms with Crippen molar-refractivity contribution in [1.82, 2.24) is 15.0 Å². The lowest BCUT2D eigenvalue weighted by Crippen LogP contribution is -2.12. The summed E-state index contributed by atoms with van der Waals surface area (Å²) < 4.78 is 2.39. The molecule has 16 heavy (non-hydrogen) atoms. The highest BCUT2D eigenvalue weighted by molar-refractivity contribution is 9.10. The van der Waals surface area contributed by atoms with Gasteiger partial charge in [0.25, 0.3) is 5.91 Å². The van der Waals surface area contributed by atoms with Gasteiger partial charge in [-0.2, -0.15) is 0 Å². The van der Waals surface area contributed by atoms with Gasteiger partial charge in [-0.05, 0) is 18.2 Å². The third-order valence-electron chi connectivity index (χ3n) is 1.92. The van der Waals surface area contributed by atoms with E-state index in [1.807, 2.05) is 18.2 Å². The van der Waals surface area contributed by atoms with Crippen LogP contribution in [0.1, 0.15) is 10.5 Å². The van der Waals surface area contributed by atoms with Gasteiger partial charge in [-0.3, -0.25) is 9.48 Å². The number of aromatic nitrogens is 3. The summed E-state index contributed by atoms with van der Waals surface area (Å²) in [7, 11) is 1.71. The fourth-order valence-corrected chi connectivity index (χ4v) is 1.61. The van der Waals surface area contributed by atoms with Gasteiger partial charge in [0.05, 0.1) is 6.20 Å². The molecule has 0 radical (unpaired) electrons. The topological polar surface area (TPSA) is 59.8 Å². The molecule has 0 unspecified atom stereocenters. The van der Waals surface area contributed by atoms with Crippen molar-refractivity contribution in [2.75, 3.05) is 5.32 Å². The molecule has 2 aromatic rings. The van der Waals surface area contributed by atoms with Crippen molar-refractivity contribution < 1.29 is 4.79 Å². The second kappa shape index (κ2) is 4.44. The largest absolute Gasteiger partial charge is 0.321 e. The summed E-state index contributed by atoms with van der Waals surface area (Å²) in [5.41, 5.74) is 1.01. The quantitative estimate of drug-likeness (QED) is 0.913. The van der Waals surface area contributed by atoms with Gasteiger partial charge in [-0.15, -0.1) is 5.10 Å². The number of nitrogens with zero attached hydrogens (tertiary/aromatic N) is 3. The first-order valence-corrected chi connectivity index (χ1v) is 5.38. The molecule has 0 aliphatic carbocycles. The first kappa shape index (κ1) is 10.8. The molecule has 1 aromatic heterocycles. The highest BCUT2D eigenvalue weighted by Gasteiger charge is 2.09. The summed E-state index contributed by atoms with van der Waals surface area (Å²) in [6, 6.07) is 7.35. The molecule has 5 nitrogen and oxygen atoms in total. The van der Waals surface area contributed by atoms with Crippen LogP contribution in [0.5, 0.6) is 0 Å². The first-order chi connectivity index (χ1) is 7.65. The van der Waals surface area contributed by atoms with E-state index in [9.17, 15) is 4.79 Å². The maximum atomic E-state index is 11.7. The summed E-state index contributed by atoms with van der Waals surface area (Å²) in [5, 5.41) is 10.1. The predicted octanol–water partition coefficient (Wildman–Crippen LogP) is 1.83. The molecule has 0 saturated heterocycles. The Morgan fingerprint density at radius 2 is 2.31 bits per heavy atom. The SMILES string of the molecule is Cn1cc(C(=O)Nc2cccc(Br)c2)nn1. The average molecular weight is 281 g/mol. The number of aryl methyl sites for hydroxylation is 1. The number of anilines is 1. The van der Waals surface area contributed by atoms with E-state index < -0.39 is 0 Å². The smallest absolute Gasteiger partial charge is 0.277 e. The summed E-state index contributed by atoms with van der Waals surface area (Å²) in [4.78, 5) is 11.7. The van der Waals surface area contributed by atoms with Gasteiger partial charge in [0.15, 0.2) is 5.69 Å². The van der Waals surface area contributed by atoms with Crippen molar-refractivity contribution in [3.8, 4) is 0 Å². The van der Waals surface area contributed by atoms with Crippen LogP contribution in [0.4, 0.5) is 5.69 Å². The van der Waals surface area contributed by atoms with E-state index in [1.54, 1.807) is 19.3 Å². The highest BCUT2D eigenvalue weighted by Crippen LogP contribution is 2.16. The molecule has 1 heterocycles. The normalized spacial score (nSPS) is 10.1. The monoisotopic (exact) mass is 280 g/mol.